The molecule has 0 radical (unpaired) electrons. The van der Waals surface area contributed by atoms with Gasteiger partial charge in [0.15, 0.2) is 0 Å². The standard InChI is InChI=1S/C10H20BNO/c1-11(13)12-10-7-6-8-4-2-3-5-9(8)10/h8-10,12-13H,2-7H2,1H3. The van der Waals surface area contributed by atoms with Crippen LogP contribution in [0.25, 0.3) is 0 Å². The van der Waals surface area contributed by atoms with E-state index >= 15 is 0 Å². The molecule has 2 aliphatic rings. The highest BCUT2D eigenvalue weighted by Crippen LogP contribution is 2.42. The molecule has 2 N–H and O–H groups in total. The van der Waals surface area contributed by atoms with Crippen LogP contribution in [0, 0.1) is 11.8 Å². The molecule has 0 aromatic heterocycles. The summed E-state index contributed by atoms with van der Waals surface area (Å²) in [5, 5.41) is 12.6. The summed E-state index contributed by atoms with van der Waals surface area (Å²) in [5.41, 5.74) is 0. The molecule has 0 aromatic carbocycles. The van der Waals surface area contributed by atoms with Crippen LogP contribution in [0.2, 0.25) is 6.82 Å². The van der Waals surface area contributed by atoms with E-state index in [-0.39, 0.29) is 7.05 Å². The van der Waals surface area contributed by atoms with Crippen LogP contribution < -0.4 is 5.23 Å². The molecule has 3 atom stereocenters. The summed E-state index contributed by atoms with van der Waals surface area (Å²) in [6.45, 7) is 1.83. The van der Waals surface area contributed by atoms with Crippen LogP contribution in [0.1, 0.15) is 38.5 Å². The van der Waals surface area contributed by atoms with Crippen molar-refractivity contribution in [2.45, 2.75) is 51.4 Å². The first-order chi connectivity index (χ1) is 6.27. The molecule has 3 unspecified atom stereocenters. The summed E-state index contributed by atoms with van der Waals surface area (Å²) >= 11 is 0. The Morgan fingerprint density at radius 2 is 1.92 bits per heavy atom. The third-order valence-corrected chi connectivity index (χ3v) is 3.79. The number of hydrogen-bond acceptors (Lipinski definition) is 2. The van der Waals surface area contributed by atoms with Gasteiger partial charge in [0, 0.05) is 6.04 Å². The summed E-state index contributed by atoms with van der Waals surface area (Å²) in [6, 6.07) is 0.602. The van der Waals surface area contributed by atoms with E-state index in [9.17, 15) is 5.02 Å². The lowest BCUT2D eigenvalue weighted by Gasteiger charge is -2.30. The summed E-state index contributed by atoms with van der Waals surface area (Å²) in [7, 11) is -0.328. The lowest BCUT2D eigenvalue weighted by Crippen LogP contribution is -2.43. The van der Waals surface area contributed by atoms with Crippen LogP contribution in [0.5, 0.6) is 0 Å². The minimum atomic E-state index is -0.328. The Labute approximate surface area is 81.2 Å². The minimum Gasteiger partial charge on any atom is -0.437 e. The second kappa shape index (κ2) is 4.01. The topological polar surface area (TPSA) is 32.3 Å². The third kappa shape index (κ3) is 2.08. The lowest BCUT2D eigenvalue weighted by molar-refractivity contribution is 0.251. The average molecular weight is 181 g/mol. The monoisotopic (exact) mass is 181 g/mol. The Morgan fingerprint density at radius 3 is 2.69 bits per heavy atom. The van der Waals surface area contributed by atoms with Crippen LogP contribution in [-0.4, -0.2) is 18.1 Å². The van der Waals surface area contributed by atoms with Crippen LogP contribution in [0.3, 0.4) is 0 Å². The third-order valence-electron chi connectivity index (χ3n) is 3.79. The van der Waals surface area contributed by atoms with Gasteiger partial charge in [-0.25, -0.2) is 0 Å². The summed E-state index contributed by atoms with van der Waals surface area (Å²) in [4.78, 5) is 0. The maximum Gasteiger partial charge on any atom is 0.373 e. The van der Waals surface area contributed by atoms with Gasteiger partial charge in [0.1, 0.15) is 0 Å². The largest absolute Gasteiger partial charge is 0.437 e. The fourth-order valence-electron chi connectivity index (χ4n) is 3.25. The van der Waals surface area contributed by atoms with Crippen molar-refractivity contribution in [1.82, 2.24) is 5.23 Å². The quantitative estimate of drug-likeness (QED) is 0.635. The zero-order valence-electron chi connectivity index (χ0n) is 8.50. The predicted molar refractivity (Wildman–Crippen MR) is 55.4 cm³/mol. The van der Waals surface area contributed by atoms with E-state index in [0.717, 1.165) is 11.8 Å². The molecule has 2 saturated carbocycles. The van der Waals surface area contributed by atoms with Gasteiger partial charge in [0.2, 0.25) is 0 Å². The molecule has 2 nitrogen and oxygen atoms in total. The predicted octanol–water partition coefficient (Wildman–Crippen LogP) is 1.66. The van der Waals surface area contributed by atoms with Crippen molar-refractivity contribution in [1.29, 1.82) is 0 Å². The highest BCUT2D eigenvalue weighted by molar-refractivity contribution is 6.45. The van der Waals surface area contributed by atoms with Crippen LogP contribution in [0.15, 0.2) is 0 Å². The Bertz CT molecular complexity index is 174. The molecular formula is C10H20BNO. The molecule has 3 heteroatoms. The van der Waals surface area contributed by atoms with Crippen molar-refractivity contribution in [2.75, 3.05) is 0 Å². The normalized spacial score (nSPS) is 38.8. The van der Waals surface area contributed by atoms with Crippen molar-refractivity contribution >= 4 is 7.05 Å². The van der Waals surface area contributed by atoms with Gasteiger partial charge >= 0.3 is 7.05 Å². The molecule has 0 aromatic rings. The van der Waals surface area contributed by atoms with Crippen molar-refractivity contribution < 1.29 is 5.02 Å². The summed E-state index contributed by atoms with van der Waals surface area (Å²) in [5.74, 6) is 1.83. The zero-order valence-corrected chi connectivity index (χ0v) is 8.50. The van der Waals surface area contributed by atoms with Gasteiger partial charge in [-0.05, 0) is 37.9 Å². The number of hydrogen-bond donors (Lipinski definition) is 2. The highest BCUT2D eigenvalue weighted by Gasteiger charge is 2.37. The Hall–Kier alpha value is -0.0151. The fourth-order valence-corrected chi connectivity index (χ4v) is 3.25. The molecule has 13 heavy (non-hydrogen) atoms. The number of fused-ring (bicyclic) bond motifs is 1. The second-order valence-corrected chi connectivity index (χ2v) is 4.73. The van der Waals surface area contributed by atoms with Gasteiger partial charge in [-0.15, -0.1) is 0 Å². The van der Waals surface area contributed by atoms with Gasteiger partial charge in [0.25, 0.3) is 0 Å². The van der Waals surface area contributed by atoms with Gasteiger partial charge < -0.3 is 10.3 Å². The molecular weight excluding hydrogens is 161 g/mol. The maximum absolute atomic E-state index is 9.29. The van der Waals surface area contributed by atoms with E-state index in [1.54, 1.807) is 0 Å². The van der Waals surface area contributed by atoms with E-state index in [2.05, 4.69) is 5.23 Å². The Morgan fingerprint density at radius 1 is 1.15 bits per heavy atom. The van der Waals surface area contributed by atoms with Crippen LogP contribution in [-0.2, 0) is 0 Å². The van der Waals surface area contributed by atoms with E-state index in [0.29, 0.717) is 6.04 Å². The van der Waals surface area contributed by atoms with Crippen LogP contribution >= 0.6 is 0 Å². The van der Waals surface area contributed by atoms with Gasteiger partial charge in [-0.1, -0.05) is 19.3 Å². The van der Waals surface area contributed by atoms with Crippen molar-refractivity contribution in [3.63, 3.8) is 0 Å². The summed E-state index contributed by atoms with van der Waals surface area (Å²) < 4.78 is 0. The fraction of sp³-hybridized carbons (Fsp3) is 1.00. The molecule has 0 bridgehead atoms. The molecule has 2 fully saturated rings. The van der Waals surface area contributed by atoms with Crippen molar-refractivity contribution in [3.8, 4) is 0 Å². The van der Waals surface area contributed by atoms with E-state index < -0.39 is 0 Å². The number of rotatable bonds is 2. The number of nitrogens with one attached hydrogen (secondary N) is 1. The molecule has 2 aliphatic carbocycles. The summed E-state index contributed by atoms with van der Waals surface area (Å²) in [6.07, 6.45) is 8.31. The molecule has 0 spiro atoms. The highest BCUT2D eigenvalue weighted by atomic mass is 16.2. The maximum atomic E-state index is 9.29. The lowest BCUT2D eigenvalue weighted by atomic mass is 9.78. The van der Waals surface area contributed by atoms with Gasteiger partial charge in [-0.3, -0.25) is 0 Å². The van der Waals surface area contributed by atoms with Crippen molar-refractivity contribution in [2.24, 2.45) is 11.8 Å². The first-order valence-electron chi connectivity index (χ1n) is 5.71. The Kier molecular flexibility index (Phi) is 2.94. The molecule has 0 saturated heterocycles. The van der Waals surface area contributed by atoms with E-state index in [4.69, 9.17) is 0 Å². The first kappa shape index (κ1) is 9.54. The molecule has 0 heterocycles. The van der Waals surface area contributed by atoms with E-state index in [1.807, 2.05) is 6.82 Å². The molecule has 74 valence electrons. The first-order valence-corrected chi connectivity index (χ1v) is 5.71. The van der Waals surface area contributed by atoms with E-state index in [1.165, 1.54) is 38.5 Å². The van der Waals surface area contributed by atoms with Gasteiger partial charge in [0.05, 0.1) is 0 Å². The minimum absolute atomic E-state index is 0.328. The van der Waals surface area contributed by atoms with Gasteiger partial charge in [-0.2, -0.15) is 0 Å². The average Bonchev–Trinajstić information content (AvgIpc) is 2.48. The van der Waals surface area contributed by atoms with Crippen LogP contribution in [0.4, 0.5) is 0 Å². The SMILES string of the molecule is CB(O)NC1CCC2CCCCC21. The van der Waals surface area contributed by atoms with Crippen molar-refractivity contribution in [3.05, 3.63) is 0 Å². The smallest absolute Gasteiger partial charge is 0.373 e. The molecule has 0 amide bonds. The molecule has 0 aliphatic heterocycles. The zero-order chi connectivity index (χ0) is 9.26. The second-order valence-electron chi connectivity index (χ2n) is 4.73. The molecule has 2 rings (SSSR count). The Balaban J connectivity index is 1.91.